The summed E-state index contributed by atoms with van der Waals surface area (Å²) in [6, 6.07) is 13.6. The van der Waals surface area contributed by atoms with Gasteiger partial charge in [-0.05, 0) is 37.3 Å². The fourth-order valence-corrected chi connectivity index (χ4v) is 3.56. The third-order valence-corrected chi connectivity index (χ3v) is 4.65. The number of fused-ring (bicyclic) bond motifs is 1. The highest BCUT2D eigenvalue weighted by Gasteiger charge is 2.23. The molecule has 1 heterocycles. The van der Waals surface area contributed by atoms with Gasteiger partial charge in [0, 0.05) is 21.8 Å². The molecule has 0 spiro atoms. The largest absolute Gasteiger partial charge is 0.494 e. The third kappa shape index (κ3) is 3.94. The van der Waals surface area contributed by atoms with Crippen molar-refractivity contribution >= 4 is 17.9 Å². The molecule has 1 unspecified atom stereocenters. The van der Waals surface area contributed by atoms with Gasteiger partial charge in [-0.2, -0.15) is 0 Å². The van der Waals surface area contributed by atoms with Crippen molar-refractivity contribution in [3.8, 4) is 11.5 Å². The van der Waals surface area contributed by atoms with E-state index in [4.69, 9.17) is 14.6 Å². The van der Waals surface area contributed by atoms with Crippen LogP contribution in [0.2, 0.25) is 0 Å². The van der Waals surface area contributed by atoms with Crippen LogP contribution in [0.5, 0.6) is 11.5 Å². The topological polar surface area (TPSA) is 67.8 Å². The number of carboxylic acid groups (broad SMARTS) is 1. The number of rotatable bonds is 5. The number of carbonyl (C=O) groups is 1. The van der Waals surface area contributed by atoms with E-state index in [0.29, 0.717) is 19.6 Å². The van der Waals surface area contributed by atoms with E-state index >= 15 is 0 Å². The lowest BCUT2D eigenvalue weighted by atomic mass is 10.0. The zero-order valence-electron chi connectivity index (χ0n) is 13.3. The quantitative estimate of drug-likeness (QED) is 0.844. The van der Waals surface area contributed by atoms with E-state index in [2.05, 4.69) is 5.32 Å². The standard InChI is InChI=1S/C18H19NO4S/c1-2-22-12-4-3-5-13(10-12)24-14-6-7-15-16(19-18(20)21)8-9-23-17(15)11-14/h3-7,10-11,16,19H,2,8-9H2,1H3,(H,20,21). The highest BCUT2D eigenvalue weighted by atomic mass is 32.2. The Morgan fingerprint density at radius 1 is 1.33 bits per heavy atom. The molecular formula is C18H19NO4S. The Morgan fingerprint density at radius 2 is 2.17 bits per heavy atom. The van der Waals surface area contributed by atoms with Crippen LogP contribution in [0.25, 0.3) is 0 Å². The van der Waals surface area contributed by atoms with Crippen LogP contribution < -0.4 is 14.8 Å². The molecule has 0 bridgehead atoms. The summed E-state index contributed by atoms with van der Waals surface area (Å²) in [5.41, 5.74) is 0.885. The van der Waals surface area contributed by atoms with Gasteiger partial charge in [-0.3, -0.25) is 0 Å². The summed E-state index contributed by atoms with van der Waals surface area (Å²) in [5.74, 6) is 1.59. The van der Waals surface area contributed by atoms with Gasteiger partial charge in [0.05, 0.1) is 19.3 Å². The molecule has 0 fully saturated rings. The van der Waals surface area contributed by atoms with Gasteiger partial charge >= 0.3 is 6.09 Å². The Balaban J connectivity index is 1.78. The lowest BCUT2D eigenvalue weighted by molar-refractivity contribution is 0.182. The summed E-state index contributed by atoms with van der Waals surface area (Å²) in [7, 11) is 0. The second-order valence-corrected chi connectivity index (χ2v) is 6.50. The molecular weight excluding hydrogens is 326 g/mol. The van der Waals surface area contributed by atoms with Gasteiger partial charge in [-0.1, -0.05) is 23.9 Å². The van der Waals surface area contributed by atoms with Crippen LogP contribution in [-0.2, 0) is 0 Å². The summed E-state index contributed by atoms with van der Waals surface area (Å²) in [4.78, 5) is 13.0. The normalized spacial score (nSPS) is 16.0. The van der Waals surface area contributed by atoms with E-state index in [9.17, 15) is 4.79 Å². The Morgan fingerprint density at radius 3 is 2.96 bits per heavy atom. The molecule has 1 amide bonds. The van der Waals surface area contributed by atoms with Crippen molar-refractivity contribution in [2.24, 2.45) is 0 Å². The van der Waals surface area contributed by atoms with Gasteiger partial charge in [0.25, 0.3) is 0 Å². The monoisotopic (exact) mass is 345 g/mol. The second kappa shape index (κ2) is 7.49. The fourth-order valence-electron chi connectivity index (χ4n) is 2.66. The molecule has 1 aliphatic rings. The van der Waals surface area contributed by atoms with Gasteiger partial charge in [0.2, 0.25) is 0 Å². The van der Waals surface area contributed by atoms with E-state index in [1.54, 1.807) is 11.8 Å². The minimum atomic E-state index is -1.01. The van der Waals surface area contributed by atoms with Gasteiger partial charge in [0.15, 0.2) is 0 Å². The number of amides is 1. The zero-order valence-corrected chi connectivity index (χ0v) is 14.1. The molecule has 3 rings (SSSR count). The van der Waals surface area contributed by atoms with E-state index in [-0.39, 0.29) is 6.04 Å². The minimum absolute atomic E-state index is 0.216. The molecule has 1 aliphatic heterocycles. The predicted octanol–water partition coefficient (Wildman–Crippen LogP) is 4.33. The number of hydrogen-bond acceptors (Lipinski definition) is 4. The molecule has 0 aliphatic carbocycles. The maximum atomic E-state index is 10.9. The SMILES string of the molecule is CCOc1cccc(Sc2ccc3c(c2)OCCC3NC(=O)O)c1. The van der Waals surface area contributed by atoms with Crippen LogP contribution in [0, 0.1) is 0 Å². The number of benzene rings is 2. The summed E-state index contributed by atoms with van der Waals surface area (Å²) in [5, 5.41) is 11.5. The lowest BCUT2D eigenvalue weighted by Crippen LogP contribution is -2.30. The third-order valence-electron chi connectivity index (χ3n) is 3.67. The smallest absolute Gasteiger partial charge is 0.405 e. The molecule has 0 saturated heterocycles. The molecule has 2 aromatic carbocycles. The van der Waals surface area contributed by atoms with Gasteiger partial charge in [-0.25, -0.2) is 4.79 Å². The van der Waals surface area contributed by atoms with Crippen LogP contribution in [0.4, 0.5) is 4.79 Å². The maximum absolute atomic E-state index is 10.9. The Bertz CT molecular complexity index is 735. The first-order chi connectivity index (χ1) is 11.7. The molecule has 126 valence electrons. The predicted molar refractivity (Wildman–Crippen MR) is 92.2 cm³/mol. The average Bonchev–Trinajstić information content (AvgIpc) is 2.55. The van der Waals surface area contributed by atoms with E-state index < -0.39 is 6.09 Å². The first-order valence-electron chi connectivity index (χ1n) is 7.82. The van der Waals surface area contributed by atoms with Crippen molar-refractivity contribution in [3.05, 3.63) is 48.0 Å². The second-order valence-electron chi connectivity index (χ2n) is 5.35. The van der Waals surface area contributed by atoms with Crippen LogP contribution in [0.15, 0.2) is 52.3 Å². The molecule has 6 heteroatoms. The number of nitrogens with one attached hydrogen (secondary N) is 1. The molecule has 2 aromatic rings. The number of ether oxygens (including phenoxy) is 2. The van der Waals surface area contributed by atoms with Gasteiger partial charge < -0.3 is 19.9 Å². The van der Waals surface area contributed by atoms with Gasteiger partial charge in [-0.15, -0.1) is 0 Å². The fraction of sp³-hybridized carbons (Fsp3) is 0.278. The van der Waals surface area contributed by atoms with E-state index in [1.165, 1.54) is 0 Å². The van der Waals surface area contributed by atoms with Crippen molar-refractivity contribution in [1.82, 2.24) is 5.32 Å². The van der Waals surface area contributed by atoms with Crippen LogP contribution in [-0.4, -0.2) is 24.4 Å². The molecule has 1 atom stereocenters. The Hall–Kier alpha value is -2.34. The molecule has 2 N–H and O–H groups in total. The highest BCUT2D eigenvalue weighted by molar-refractivity contribution is 7.99. The van der Waals surface area contributed by atoms with Crippen molar-refractivity contribution < 1.29 is 19.4 Å². The average molecular weight is 345 g/mol. The van der Waals surface area contributed by atoms with Crippen LogP contribution in [0.3, 0.4) is 0 Å². The minimum Gasteiger partial charge on any atom is -0.494 e. The number of hydrogen-bond donors (Lipinski definition) is 2. The Kier molecular flexibility index (Phi) is 5.15. The maximum Gasteiger partial charge on any atom is 0.405 e. The summed E-state index contributed by atoms with van der Waals surface area (Å²) >= 11 is 1.62. The van der Waals surface area contributed by atoms with E-state index in [1.807, 2.05) is 49.4 Å². The molecule has 0 saturated carbocycles. The molecule has 24 heavy (non-hydrogen) atoms. The van der Waals surface area contributed by atoms with Crippen molar-refractivity contribution in [2.45, 2.75) is 29.2 Å². The highest BCUT2D eigenvalue weighted by Crippen LogP contribution is 2.38. The first kappa shape index (κ1) is 16.5. The Labute approximate surface area is 145 Å². The molecule has 0 aromatic heterocycles. The van der Waals surface area contributed by atoms with Crippen LogP contribution >= 0.6 is 11.8 Å². The van der Waals surface area contributed by atoms with Crippen molar-refractivity contribution in [1.29, 1.82) is 0 Å². The van der Waals surface area contributed by atoms with Crippen molar-refractivity contribution in [3.63, 3.8) is 0 Å². The summed E-state index contributed by atoms with van der Waals surface area (Å²) in [6.45, 7) is 3.10. The zero-order chi connectivity index (χ0) is 16.9. The summed E-state index contributed by atoms with van der Waals surface area (Å²) < 4.78 is 11.2. The summed E-state index contributed by atoms with van der Waals surface area (Å²) in [6.07, 6.45) is -0.374. The lowest BCUT2D eigenvalue weighted by Gasteiger charge is -2.26. The van der Waals surface area contributed by atoms with Crippen LogP contribution in [0.1, 0.15) is 24.9 Å². The molecule has 5 nitrogen and oxygen atoms in total. The van der Waals surface area contributed by atoms with Gasteiger partial charge in [0.1, 0.15) is 11.5 Å². The molecule has 0 radical (unpaired) electrons. The van der Waals surface area contributed by atoms with E-state index in [0.717, 1.165) is 26.9 Å². The van der Waals surface area contributed by atoms with Crippen molar-refractivity contribution in [2.75, 3.05) is 13.2 Å². The first-order valence-corrected chi connectivity index (χ1v) is 8.64.